The third-order valence-corrected chi connectivity index (χ3v) is 2.81. The summed E-state index contributed by atoms with van der Waals surface area (Å²) >= 11 is 0. The molecule has 0 bridgehead atoms. The highest BCUT2D eigenvalue weighted by Gasteiger charge is 2.10. The Balaban J connectivity index is 0. The van der Waals surface area contributed by atoms with Gasteiger partial charge in [-0.05, 0) is 17.5 Å². The second-order valence-corrected chi connectivity index (χ2v) is 4.49. The summed E-state index contributed by atoms with van der Waals surface area (Å²) in [5.41, 5.74) is 2.82. The first kappa shape index (κ1) is 22.7. The van der Waals surface area contributed by atoms with Crippen LogP contribution < -0.4 is 0 Å². The first-order valence-corrected chi connectivity index (χ1v) is 8.93. The first-order chi connectivity index (χ1) is 10.8. The molecule has 0 spiro atoms. The number of benzene rings is 2. The van der Waals surface area contributed by atoms with E-state index in [2.05, 4.69) is 81.4 Å². The third kappa shape index (κ3) is 9.39. The van der Waals surface area contributed by atoms with E-state index in [4.69, 9.17) is 0 Å². The number of hydrogen-bond acceptors (Lipinski definition) is 0. The van der Waals surface area contributed by atoms with Gasteiger partial charge < -0.3 is 0 Å². The highest BCUT2D eigenvalue weighted by Crippen LogP contribution is 2.26. The molecule has 0 fully saturated rings. The summed E-state index contributed by atoms with van der Waals surface area (Å²) in [6.45, 7) is 14.5. The Morgan fingerprint density at radius 2 is 0.864 bits per heavy atom. The lowest BCUT2D eigenvalue weighted by molar-refractivity contribution is 0.777. The topological polar surface area (TPSA) is 0 Å². The molecule has 2 aromatic rings. The summed E-state index contributed by atoms with van der Waals surface area (Å²) in [6, 6.07) is 21.4. The predicted octanol–water partition coefficient (Wildman–Crippen LogP) is 7.70. The van der Waals surface area contributed by atoms with Crippen LogP contribution in [0.15, 0.2) is 60.7 Å². The van der Waals surface area contributed by atoms with Crippen LogP contribution >= 0.6 is 0 Å². The van der Waals surface area contributed by atoms with Crippen LogP contribution in [0.1, 0.15) is 78.4 Å². The van der Waals surface area contributed by atoms with Gasteiger partial charge in [0.25, 0.3) is 0 Å². The van der Waals surface area contributed by atoms with Gasteiger partial charge in [-0.3, -0.25) is 0 Å². The van der Waals surface area contributed by atoms with Gasteiger partial charge in [0, 0.05) is 5.92 Å². The molecule has 0 saturated carbocycles. The molecule has 0 aromatic heterocycles. The van der Waals surface area contributed by atoms with Crippen molar-refractivity contribution in [2.24, 2.45) is 0 Å². The minimum absolute atomic E-state index is 0.535. The molecule has 0 heterocycles. The zero-order chi connectivity index (χ0) is 17.2. The highest BCUT2D eigenvalue weighted by atomic mass is 14.1. The molecule has 0 amide bonds. The molecule has 0 radical (unpaired) electrons. The van der Waals surface area contributed by atoms with Gasteiger partial charge in [-0.2, -0.15) is 0 Å². The molecule has 2 rings (SSSR count). The van der Waals surface area contributed by atoms with Crippen LogP contribution in [0, 0.1) is 0 Å². The molecule has 0 heteroatoms. The van der Waals surface area contributed by atoms with Crippen molar-refractivity contribution in [1.82, 2.24) is 0 Å². The van der Waals surface area contributed by atoms with Crippen molar-refractivity contribution in [3.05, 3.63) is 71.8 Å². The Morgan fingerprint density at radius 1 is 0.591 bits per heavy atom. The fourth-order valence-corrected chi connectivity index (χ4v) is 2.03. The van der Waals surface area contributed by atoms with E-state index < -0.39 is 0 Å². The molecule has 0 atom stereocenters. The average Bonchev–Trinajstić information content (AvgIpc) is 2.62. The van der Waals surface area contributed by atoms with Crippen molar-refractivity contribution in [2.75, 3.05) is 0 Å². The molecule has 2 aromatic carbocycles. The fraction of sp³-hybridized carbons (Fsp3) is 0.455. The van der Waals surface area contributed by atoms with Crippen molar-refractivity contribution >= 4 is 0 Å². The Kier molecular flexibility index (Phi) is 18.1. The maximum atomic E-state index is 2.24. The van der Waals surface area contributed by atoms with Gasteiger partial charge in [0.05, 0.1) is 0 Å². The Bertz CT molecular complexity index is 363. The van der Waals surface area contributed by atoms with Crippen LogP contribution in [0.25, 0.3) is 0 Å². The van der Waals surface area contributed by atoms with E-state index in [9.17, 15) is 0 Å². The van der Waals surface area contributed by atoms with Gasteiger partial charge in [-0.1, -0.05) is 116 Å². The normalized spacial score (nSPS) is 8.55. The van der Waals surface area contributed by atoms with Gasteiger partial charge >= 0.3 is 0 Å². The van der Waals surface area contributed by atoms with Gasteiger partial charge in [0.2, 0.25) is 0 Å². The molecular formula is C22H36. The van der Waals surface area contributed by atoms with Crippen molar-refractivity contribution in [1.29, 1.82) is 0 Å². The minimum atomic E-state index is 0.535. The highest BCUT2D eigenvalue weighted by molar-refractivity contribution is 5.31. The van der Waals surface area contributed by atoms with Crippen LogP contribution in [0.2, 0.25) is 0 Å². The van der Waals surface area contributed by atoms with Crippen molar-refractivity contribution in [2.45, 2.75) is 67.2 Å². The van der Waals surface area contributed by atoms with E-state index in [1.807, 2.05) is 27.7 Å². The van der Waals surface area contributed by atoms with Crippen molar-refractivity contribution in [3.63, 3.8) is 0 Å². The van der Waals surface area contributed by atoms with Gasteiger partial charge in [0.1, 0.15) is 0 Å². The lowest BCUT2D eigenvalue weighted by Crippen LogP contribution is -1.98. The van der Waals surface area contributed by atoms with Crippen LogP contribution in [-0.4, -0.2) is 0 Å². The van der Waals surface area contributed by atoms with E-state index in [-0.39, 0.29) is 0 Å². The van der Waals surface area contributed by atoms with E-state index in [1.165, 1.54) is 17.5 Å². The molecule has 0 aliphatic carbocycles. The summed E-state index contributed by atoms with van der Waals surface area (Å²) in [4.78, 5) is 0. The quantitative estimate of drug-likeness (QED) is 0.544. The average molecular weight is 301 g/mol. The van der Waals surface area contributed by atoms with Gasteiger partial charge in [-0.25, -0.2) is 0 Å². The second-order valence-electron chi connectivity index (χ2n) is 4.49. The SMILES string of the molecule is CC.CC.CCC.CCC(c1ccccc1)c1ccccc1. The Labute approximate surface area is 139 Å². The monoisotopic (exact) mass is 300 g/mol. The standard InChI is InChI=1S/C15H16.C3H8.2C2H6/c1-2-15(13-9-5-3-6-10-13)14-11-7-4-8-12-14;1-3-2;2*1-2/h3-12,15H,2H2,1H3;3H2,1-2H3;2*1-2H3. The van der Waals surface area contributed by atoms with E-state index >= 15 is 0 Å². The van der Waals surface area contributed by atoms with Crippen LogP contribution in [-0.2, 0) is 0 Å². The number of hydrogen-bond donors (Lipinski definition) is 0. The largest absolute Gasteiger partial charge is 0.0683 e. The molecule has 22 heavy (non-hydrogen) atoms. The molecule has 0 saturated heterocycles. The smallest absolute Gasteiger partial charge is 0.00867 e. The third-order valence-electron chi connectivity index (χ3n) is 2.81. The zero-order valence-electron chi connectivity index (χ0n) is 15.8. The lowest BCUT2D eigenvalue weighted by atomic mass is 9.89. The molecule has 0 N–H and O–H groups in total. The van der Waals surface area contributed by atoms with Crippen LogP contribution in [0.3, 0.4) is 0 Å². The lowest BCUT2D eigenvalue weighted by Gasteiger charge is -2.15. The van der Waals surface area contributed by atoms with E-state index in [1.54, 1.807) is 0 Å². The maximum absolute atomic E-state index is 2.24. The van der Waals surface area contributed by atoms with Gasteiger partial charge in [0.15, 0.2) is 0 Å². The molecule has 0 aliphatic heterocycles. The fourth-order valence-electron chi connectivity index (χ4n) is 2.03. The first-order valence-electron chi connectivity index (χ1n) is 8.93. The molecule has 0 aliphatic rings. The van der Waals surface area contributed by atoms with Crippen molar-refractivity contribution < 1.29 is 0 Å². The summed E-state index contributed by atoms with van der Waals surface area (Å²) in [5, 5.41) is 0. The Morgan fingerprint density at radius 3 is 1.09 bits per heavy atom. The van der Waals surface area contributed by atoms with E-state index in [0.29, 0.717) is 5.92 Å². The Hall–Kier alpha value is -1.56. The van der Waals surface area contributed by atoms with E-state index in [0.717, 1.165) is 6.42 Å². The summed E-state index contributed by atoms with van der Waals surface area (Å²) in [5.74, 6) is 0.535. The maximum Gasteiger partial charge on any atom is 0.00867 e. The number of rotatable bonds is 3. The summed E-state index contributed by atoms with van der Waals surface area (Å²) in [6.07, 6.45) is 2.40. The minimum Gasteiger partial charge on any atom is -0.0683 e. The van der Waals surface area contributed by atoms with Crippen molar-refractivity contribution in [3.8, 4) is 0 Å². The summed E-state index contributed by atoms with van der Waals surface area (Å²) < 4.78 is 0. The van der Waals surface area contributed by atoms with Gasteiger partial charge in [-0.15, -0.1) is 0 Å². The van der Waals surface area contributed by atoms with Crippen LogP contribution in [0.4, 0.5) is 0 Å². The molecular weight excluding hydrogens is 264 g/mol. The zero-order valence-corrected chi connectivity index (χ0v) is 15.8. The molecule has 0 unspecified atom stereocenters. The second kappa shape index (κ2) is 17.5. The molecule has 0 nitrogen and oxygen atoms in total. The predicted molar refractivity (Wildman–Crippen MR) is 104 cm³/mol. The molecule has 124 valence electrons. The van der Waals surface area contributed by atoms with Crippen LogP contribution in [0.5, 0.6) is 0 Å². The summed E-state index contributed by atoms with van der Waals surface area (Å²) in [7, 11) is 0.